The molecule has 1 aliphatic rings. The predicted octanol–water partition coefficient (Wildman–Crippen LogP) is 4.50. The van der Waals surface area contributed by atoms with E-state index in [0.29, 0.717) is 5.56 Å². The molecule has 2 aromatic rings. The van der Waals surface area contributed by atoms with E-state index in [0.717, 1.165) is 11.1 Å². The molecule has 1 saturated heterocycles. The molecule has 1 heterocycles. The third kappa shape index (κ3) is 9.28. The molecule has 0 bridgehead atoms. The van der Waals surface area contributed by atoms with E-state index < -0.39 is 17.9 Å². The Morgan fingerprint density at radius 3 is 1.67 bits per heavy atom. The smallest absolute Gasteiger partial charge is 0.314 e. The van der Waals surface area contributed by atoms with Gasteiger partial charge in [-0.3, -0.25) is 19.2 Å². The van der Waals surface area contributed by atoms with Crippen molar-refractivity contribution < 1.29 is 29.0 Å². The minimum atomic E-state index is -0.938. The quantitative estimate of drug-likeness (QED) is 0.451. The average Bonchev–Trinajstić information content (AvgIpc) is 3.08. The highest BCUT2D eigenvalue weighted by Crippen LogP contribution is 2.12. The summed E-state index contributed by atoms with van der Waals surface area (Å²) in [6.07, 6.45) is 0.487. The fourth-order valence-electron chi connectivity index (χ4n) is 2.38. The lowest BCUT2D eigenvalue weighted by atomic mass is 10.0. The molecule has 1 aliphatic heterocycles. The zero-order valence-corrected chi connectivity index (χ0v) is 17.9. The van der Waals surface area contributed by atoms with E-state index in [2.05, 4.69) is 42.8 Å². The minimum absolute atomic E-state index is 0.0673. The van der Waals surface area contributed by atoms with Gasteiger partial charge in [-0.2, -0.15) is 0 Å². The highest BCUT2D eigenvalue weighted by molar-refractivity contribution is 5.97. The van der Waals surface area contributed by atoms with E-state index >= 15 is 0 Å². The van der Waals surface area contributed by atoms with Gasteiger partial charge in [0, 0.05) is 12.0 Å². The molecule has 1 fully saturated rings. The first-order valence-electron chi connectivity index (χ1n) is 9.68. The molecule has 160 valence electrons. The molecular formula is C24H28O6. The van der Waals surface area contributed by atoms with Crippen LogP contribution in [0.25, 0.3) is 0 Å². The average molecular weight is 412 g/mol. The van der Waals surface area contributed by atoms with Gasteiger partial charge in [-0.15, -0.1) is 0 Å². The number of carbonyl (C=O) groups excluding carboxylic acids is 3. The number of rotatable bonds is 4. The van der Waals surface area contributed by atoms with Crippen molar-refractivity contribution in [3.05, 3.63) is 70.3 Å². The molecular weight excluding hydrogens is 384 g/mol. The normalized spacial score (nSPS) is 12.1. The summed E-state index contributed by atoms with van der Waals surface area (Å²) in [4.78, 5) is 41.9. The van der Waals surface area contributed by atoms with Gasteiger partial charge >= 0.3 is 17.9 Å². The Morgan fingerprint density at radius 1 is 0.800 bits per heavy atom. The van der Waals surface area contributed by atoms with Crippen molar-refractivity contribution in [2.45, 2.75) is 53.4 Å². The lowest BCUT2D eigenvalue weighted by molar-refractivity contribution is -0.152. The first-order valence-corrected chi connectivity index (χ1v) is 9.68. The van der Waals surface area contributed by atoms with Crippen LogP contribution in [0, 0.1) is 27.7 Å². The van der Waals surface area contributed by atoms with Crippen LogP contribution in [0.5, 0.6) is 0 Å². The van der Waals surface area contributed by atoms with Gasteiger partial charge in [0.1, 0.15) is 0 Å². The van der Waals surface area contributed by atoms with Crippen molar-refractivity contribution in [3.63, 3.8) is 0 Å². The molecule has 1 N–H and O–H groups in total. The van der Waals surface area contributed by atoms with Crippen molar-refractivity contribution in [2.75, 3.05) is 0 Å². The summed E-state index contributed by atoms with van der Waals surface area (Å²) in [5, 5.41) is 8.46. The largest absolute Gasteiger partial charge is 0.481 e. The topological polar surface area (TPSA) is 97.7 Å². The van der Waals surface area contributed by atoms with Crippen LogP contribution < -0.4 is 0 Å². The van der Waals surface area contributed by atoms with Crippen molar-refractivity contribution >= 4 is 23.7 Å². The van der Waals surface area contributed by atoms with Crippen LogP contribution in [0.3, 0.4) is 0 Å². The molecule has 2 aromatic carbocycles. The third-order valence-electron chi connectivity index (χ3n) is 4.58. The fraction of sp³-hybridized carbons (Fsp3) is 0.333. The summed E-state index contributed by atoms with van der Waals surface area (Å²) in [6.45, 7) is 8.15. The Hall–Kier alpha value is -3.28. The van der Waals surface area contributed by atoms with Gasteiger partial charge in [-0.05, 0) is 56.0 Å². The summed E-state index contributed by atoms with van der Waals surface area (Å²) >= 11 is 0. The Labute approximate surface area is 176 Å². The number of carbonyl (C=O) groups is 4. The Kier molecular flexibility index (Phi) is 10.2. The van der Waals surface area contributed by atoms with Gasteiger partial charge in [0.05, 0.1) is 19.3 Å². The molecule has 0 amide bonds. The number of carboxylic acid groups (broad SMARTS) is 1. The Morgan fingerprint density at radius 2 is 1.30 bits per heavy atom. The fourth-order valence-corrected chi connectivity index (χ4v) is 2.38. The zero-order chi connectivity index (χ0) is 22.7. The number of hydrogen-bond acceptors (Lipinski definition) is 5. The van der Waals surface area contributed by atoms with Gasteiger partial charge < -0.3 is 9.84 Å². The van der Waals surface area contributed by atoms with Crippen molar-refractivity contribution in [2.24, 2.45) is 0 Å². The van der Waals surface area contributed by atoms with Gasteiger partial charge in [0.15, 0.2) is 5.78 Å². The number of ether oxygens (including phenoxy) is 1. The van der Waals surface area contributed by atoms with E-state index in [9.17, 15) is 19.2 Å². The van der Waals surface area contributed by atoms with E-state index in [4.69, 9.17) is 5.11 Å². The monoisotopic (exact) mass is 412 g/mol. The molecule has 30 heavy (non-hydrogen) atoms. The molecule has 3 rings (SSSR count). The van der Waals surface area contributed by atoms with Crippen LogP contribution >= 0.6 is 0 Å². The van der Waals surface area contributed by atoms with Crippen LogP contribution in [0.1, 0.15) is 58.3 Å². The second-order valence-electron chi connectivity index (χ2n) is 7.05. The first-order chi connectivity index (χ1) is 14.1. The number of aryl methyl sites for hydroxylation is 4. The molecule has 0 atom stereocenters. The zero-order valence-electron chi connectivity index (χ0n) is 17.9. The minimum Gasteiger partial charge on any atom is -0.481 e. The highest BCUT2D eigenvalue weighted by atomic mass is 16.6. The van der Waals surface area contributed by atoms with Crippen molar-refractivity contribution in [3.8, 4) is 0 Å². The van der Waals surface area contributed by atoms with Crippen LogP contribution in [-0.2, 0) is 19.1 Å². The number of Topliss-reactive ketones (excluding diaryl/α,β-unsaturated/α-hetero) is 1. The van der Waals surface area contributed by atoms with Crippen molar-refractivity contribution in [1.29, 1.82) is 0 Å². The van der Waals surface area contributed by atoms with E-state index in [1.165, 1.54) is 11.1 Å². The lowest BCUT2D eigenvalue weighted by Gasteiger charge is -2.03. The molecule has 6 heteroatoms. The number of ketones is 1. The number of aliphatic carboxylic acids is 1. The summed E-state index contributed by atoms with van der Waals surface area (Å²) in [7, 11) is 0. The molecule has 0 aliphatic carbocycles. The molecule has 0 radical (unpaired) electrons. The highest BCUT2D eigenvalue weighted by Gasteiger charge is 2.19. The predicted molar refractivity (Wildman–Crippen MR) is 113 cm³/mol. The van der Waals surface area contributed by atoms with Gasteiger partial charge in [0.2, 0.25) is 0 Å². The SMILES string of the molecule is Cc1ccc(C(=O)CCC(=O)O)cc1C.Cc1ccccc1C.O=C1CCC(=O)O1. The van der Waals surface area contributed by atoms with Gasteiger partial charge in [-0.1, -0.05) is 36.4 Å². The van der Waals surface area contributed by atoms with Gasteiger partial charge in [-0.25, -0.2) is 0 Å². The maximum absolute atomic E-state index is 11.5. The van der Waals surface area contributed by atoms with Gasteiger partial charge in [0.25, 0.3) is 0 Å². The number of cyclic esters (lactones) is 2. The van der Waals surface area contributed by atoms with Crippen LogP contribution in [-0.4, -0.2) is 28.8 Å². The van der Waals surface area contributed by atoms with Crippen molar-refractivity contribution in [1.82, 2.24) is 0 Å². The number of carboxylic acids is 1. The molecule has 0 spiro atoms. The first kappa shape index (κ1) is 24.8. The molecule has 6 nitrogen and oxygen atoms in total. The second kappa shape index (κ2) is 12.3. The number of esters is 2. The molecule has 0 unspecified atom stereocenters. The Bertz CT molecular complexity index is 879. The maximum atomic E-state index is 11.5. The number of hydrogen-bond donors (Lipinski definition) is 1. The maximum Gasteiger partial charge on any atom is 0.314 e. The summed E-state index contributed by atoms with van der Waals surface area (Å²) < 4.78 is 4.08. The van der Waals surface area contributed by atoms with E-state index in [-0.39, 0.29) is 31.5 Å². The third-order valence-corrected chi connectivity index (χ3v) is 4.58. The number of benzene rings is 2. The summed E-state index contributed by atoms with van der Waals surface area (Å²) in [6, 6.07) is 13.8. The second-order valence-corrected chi connectivity index (χ2v) is 7.05. The molecule has 0 aromatic heterocycles. The Balaban J connectivity index is 0.000000250. The van der Waals surface area contributed by atoms with E-state index in [1.54, 1.807) is 12.1 Å². The van der Waals surface area contributed by atoms with Crippen LogP contribution in [0.15, 0.2) is 42.5 Å². The van der Waals surface area contributed by atoms with E-state index in [1.807, 2.05) is 19.9 Å². The lowest BCUT2D eigenvalue weighted by Crippen LogP contribution is -2.04. The van der Waals surface area contributed by atoms with Crippen LogP contribution in [0.4, 0.5) is 0 Å². The summed E-state index contributed by atoms with van der Waals surface area (Å²) in [5.74, 6) is -1.84. The molecule has 0 saturated carbocycles. The summed E-state index contributed by atoms with van der Waals surface area (Å²) in [5.41, 5.74) is 5.51. The standard InChI is InChI=1S/C12H14O3.C8H10.C4H4O3/c1-8-3-4-10(7-9(8)2)11(13)5-6-12(14)15;1-7-5-3-4-6-8(7)2;5-3-1-2-4(6)7-3/h3-4,7H,5-6H2,1-2H3,(H,14,15);3-6H,1-2H3;1-2H2. The van der Waals surface area contributed by atoms with Crippen LogP contribution in [0.2, 0.25) is 0 Å².